The summed E-state index contributed by atoms with van der Waals surface area (Å²) in [5.74, 6) is 0.551. The van der Waals surface area contributed by atoms with Gasteiger partial charge in [-0.15, -0.1) is 24.0 Å². The smallest absolute Gasteiger partial charge is 0.357 e. The number of hydrogen-bond donors (Lipinski definition) is 2. The van der Waals surface area contributed by atoms with Crippen LogP contribution in [-0.2, 0) is 25.8 Å². The molecule has 0 aliphatic carbocycles. The van der Waals surface area contributed by atoms with Crippen molar-refractivity contribution in [3.8, 4) is 0 Å². The maximum atomic E-state index is 12.9. The fourth-order valence-corrected chi connectivity index (χ4v) is 2.97. The highest BCUT2D eigenvalue weighted by Crippen LogP contribution is 2.29. The van der Waals surface area contributed by atoms with Crippen molar-refractivity contribution in [2.24, 2.45) is 4.99 Å². The average Bonchev–Trinajstić information content (AvgIpc) is 3.23. The van der Waals surface area contributed by atoms with Gasteiger partial charge in [-0.25, -0.2) is 9.98 Å². The SMILES string of the molecule is CCNC(=NCc1cccc(Cn2ccnc2)c1)NCc1cccc(C(F)(F)F)c1.I. The Bertz CT molecular complexity index is 971. The molecule has 1 aromatic heterocycles. The molecule has 0 aliphatic heterocycles. The molecule has 0 unspecified atom stereocenters. The molecule has 0 amide bonds. The third kappa shape index (κ3) is 7.89. The standard InChI is InChI=1S/C22H24F3N5.HI/c1-2-27-21(29-14-18-6-4-8-20(12-18)22(23,24)25)28-13-17-5-3-7-19(11-17)15-30-10-9-26-16-30;/h3-12,16H,2,13-15H2,1H3,(H2,27,28,29);1H. The number of imidazole rings is 1. The summed E-state index contributed by atoms with van der Waals surface area (Å²) in [7, 11) is 0. The maximum absolute atomic E-state index is 12.9. The topological polar surface area (TPSA) is 54.2 Å². The molecule has 0 atom stereocenters. The first-order chi connectivity index (χ1) is 14.4. The molecular weight excluding hydrogens is 518 g/mol. The summed E-state index contributed by atoms with van der Waals surface area (Å²) in [6, 6.07) is 13.4. The number of hydrogen-bond acceptors (Lipinski definition) is 2. The second-order valence-corrected chi connectivity index (χ2v) is 6.80. The molecule has 1 heterocycles. The number of aromatic nitrogens is 2. The van der Waals surface area contributed by atoms with Crippen molar-refractivity contribution in [3.05, 3.63) is 89.5 Å². The van der Waals surface area contributed by atoms with E-state index in [1.54, 1.807) is 18.6 Å². The van der Waals surface area contributed by atoms with Crippen molar-refractivity contribution in [2.75, 3.05) is 6.54 Å². The summed E-state index contributed by atoms with van der Waals surface area (Å²) in [6.45, 7) is 4.01. The number of nitrogens with zero attached hydrogens (tertiary/aromatic N) is 3. The Hall–Kier alpha value is -2.56. The van der Waals surface area contributed by atoms with Gasteiger partial charge < -0.3 is 15.2 Å². The molecule has 3 aromatic rings. The zero-order valence-electron chi connectivity index (χ0n) is 17.1. The normalized spacial score (nSPS) is 11.7. The van der Waals surface area contributed by atoms with Gasteiger partial charge in [0.05, 0.1) is 18.4 Å². The molecule has 0 fully saturated rings. The van der Waals surface area contributed by atoms with E-state index in [2.05, 4.69) is 26.7 Å². The fourth-order valence-electron chi connectivity index (χ4n) is 2.97. The second kappa shape index (κ2) is 11.7. The minimum atomic E-state index is -4.35. The molecule has 166 valence electrons. The number of nitrogens with one attached hydrogen (secondary N) is 2. The minimum Gasteiger partial charge on any atom is -0.357 e. The Morgan fingerprint density at radius 1 is 1.03 bits per heavy atom. The number of benzene rings is 2. The van der Waals surface area contributed by atoms with E-state index < -0.39 is 11.7 Å². The maximum Gasteiger partial charge on any atom is 0.416 e. The zero-order valence-corrected chi connectivity index (χ0v) is 19.4. The predicted molar refractivity (Wildman–Crippen MR) is 126 cm³/mol. The van der Waals surface area contributed by atoms with Gasteiger partial charge in [0.1, 0.15) is 0 Å². The molecule has 0 aliphatic rings. The molecule has 2 N–H and O–H groups in total. The van der Waals surface area contributed by atoms with Crippen LogP contribution in [0.25, 0.3) is 0 Å². The number of alkyl halides is 3. The van der Waals surface area contributed by atoms with Crippen LogP contribution in [0, 0.1) is 0 Å². The van der Waals surface area contributed by atoms with Crippen LogP contribution in [0.2, 0.25) is 0 Å². The molecule has 3 rings (SSSR count). The molecule has 9 heteroatoms. The third-order valence-corrected chi connectivity index (χ3v) is 4.39. The molecule has 0 saturated heterocycles. The van der Waals surface area contributed by atoms with Gasteiger partial charge in [-0.2, -0.15) is 13.2 Å². The number of halogens is 4. The van der Waals surface area contributed by atoms with Crippen molar-refractivity contribution in [1.29, 1.82) is 0 Å². The lowest BCUT2D eigenvalue weighted by molar-refractivity contribution is -0.137. The van der Waals surface area contributed by atoms with Crippen molar-refractivity contribution >= 4 is 29.9 Å². The molecule has 0 saturated carbocycles. The van der Waals surface area contributed by atoms with Crippen LogP contribution in [0.5, 0.6) is 0 Å². The number of rotatable bonds is 7. The Kier molecular flexibility index (Phi) is 9.35. The fraction of sp³-hybridized carbons (Fsp3) is 0.273. The van der Waals surface area contributed by atoms with Gasteiger partial charge in [-0.05, 0) is 35.7 Å². The average molecular weight is 543 g/mol. The largest absolute Gasteiger partial charge is 0.416 e. The van der Waals surface area contributed by atoms with Gasteiger partial charge in [-0.3, -0.25) is 0 Å². The van der Waals surface area contributed by atoms with E-state index in [0.717, 1.165) is 29.8 Å². The molecular formula is C22H25F3IN5. The monoisotopic (exact) mass is 543 g/mol. The lowest BCUT2D eigenvalue weighted by atomic mass is 10.1. The minimum absolute atomic E-state index is 0. The van der Waals surface area contributed by atoms with E-state index in [-0.39, 0.29) is 30.5 Å². The Labute approximate surface area is 196 Å². The number of aliphatic imine (C=N–C) groups is 1. The Balaban J connectivity index is 0.00000341. The van der Waals surface area contributed by atoms with Crippen molar-refractivity contribution in [3.63, 3.8) is 0 Å². The highest BCUT2D eigenvalue weighted by atomic mass is 127. The summed E-state index contributed by atoms with van der Waals surface area (Å²) in [6.07, 6.45) is 1.07. The molecule has 0 spiro atoms. The first kappa shape index (κ1) is 24.7. The van der Waals surface area contributed by atoms with Crippen molar-refractivity contribution < 1.29 is 13.2 Å². The first-order valence-corrected chi connectivity index (χ1v) is 9.66. The van der Waals surface area contributed by atoms with Crippen LogP contribution in [0.1, 0.15) is 29.2 Å². The van der Waals surface area contributed by atoms with Crippen LogP contribution in [-0.4, -0.2) is 22.1 Å². The molecule has 0 radical (unpaired) electrons. The summed E-state index contributed by atoms with van der Waals surface area (Å²) in [4.78, 5) is 8.61. The predicted octanol–water partition coefficient (Wildman–Crippen LogP) is 4.82. The highest BCUT2D eigenvalue weighted by Gasteiger charge is 2.30. The van der Waals surface area contributed by atoms with Crippen molar-refractivity contribution in [2.45, 2.75) is 32.7 Å². The van der Waals surface area contributed by atoms with Gasteiger partial charge >= 0.3 is 6.18 Å². The van der Waals surface area contributed by atoms with Crippen LogP contribution in [0.3, 0.4) is 0 Å². The highest BCUT2D eigenvalue weighted by molar-refractivity contribution is 14.0. The first-order valence-electron chi connectivity index (χ1n) is 9.66. The van der Waals surface area contributed by atoms with Crippen LogP contribution >= 0.6 is 24.0 Å². The summed E-state index contributed by atoms with van der Waals surface area (Å²) in [5, 5.41) is 6.22. The van der Waals surface area contributed by atoms with Crippen LogP contribution in [0.15, 0.2) is 72.2 Å². The summed E-state index contributed by atoms with van der Waals surface area (Å²) >= 11 is 0. The Morgan fingerprint density at radius 2 is 1.77 bits per heavy atom. The van der Waals surface area contributed by atoms with Crippen LogP contribution < -0.4 is 10.6 Å². The quantitative estimate of drug-likeness (QED) is 0.255. The number of guanidine groups is 1. The van der Waals surface area contributed by atoms with Gasteiger partial charge in [-0.1, -0.05) is 36.4 Å². The van der Waals surface area contributed by atoms with E-state index in [4.69, 9.17) is 0 Å². The summed E-state index contributed by atoms with van der Waals surface area (Å²) < 4.78 is 40.6. The van der Waals surface area contributed by atoms with E-state index in [1.165, 1.54) is 6.07 Å². The van der Waals surface area contributed by atoms with E-state index in [1.807, 2.05) is 35.9 Å². The summed E-state index contributed by atoms with van der Waals surface area (Å²) in [5.41, 5.74) is 2.07. The lowest BCUT2D eigenvalue weighted by Gasteiger charge is -2.13. The third-order valence-electron chi connectivity index (χ3n) is 4.39. The zero-order chi connectivity index (χ0) is 21.4. The van der Waals surface area contributed by atoms with Crippen LogP contribution in [0.4, 0.5) is 13.2 Å². The van der Waals surface area contributed by atoms with Crippen molar-refractivity contribution in [1.82, 2.24) is 20.2 Å². The molecule has 2 aromatic carbocycles. The van der Waals surface area contributed by atoms with Gasteiger partial charge in [0, 0.05) is 32.0 Å². The van der Waals surface area contributed by atoms with E-state index in [9.17, 15) is 13.2 Å². The molecule has 5 nitrogen and oxygen atoms in total. The van der Waals surface area contributed by atoms with E-state index >= 15 is 0 Å². The lowest BCUT2D eigenvalue weighted by Crippen LogP contribution is -2.36. The Morgan fingerprint density at radius 3 is 2.48 bits per heavy atom. The van der Waals surface area contributed by atoms with Gasteiger partial charge in [0.15, 0.2) is 5.96 Å². The molecule has 31 heavy (non-hydrogen) atoms. The van der Waals surface area contributed by atoms with E-state index in [0.29, 0.717) is 24.6 Å². The van der Waals surface area contributed by atoms with Gasteiger partial charge in [0.2, 0.25) is 0 Å². The molecule has 0 bridgehead atoms. The van der Waals surface area contributed by atoms with Gasteiger partial charge in [0.25, 0.3) is 0 Å². The second-order valence-electron chi connectivity index (χ2n) is 6.80.